The van der Waals surface area contributed by atoms with Crippen LogP contribution in [-0.4, -0.2) is 72.6 Å². The van der Waals surface area contributed by atoms with E-state index in [0.29, 0.717) is 19.8 Å². The molecule has 1 aromatic carbocycles. The fraction of sp³-hybridized carbons (Fsp3) is 0.619. The number of carbonyl (C=O) groups excluding carboxylic acids is 2. The van der Waals surface area contributed by atoms with Gasteiger partial charge in [-0.25, -0.2) is 0 Å². The summed E-state index contributed by atoms with van der Waals surface area (Å²) in [5.41, 5.74) is 1.19. The minimum absolute atomic E-state index is 0.0507. The van der Waals surface area contributed by atoms with Gasteiger partial charge in [-0.15, -0.1) is 0 Å². The summed E-state index contributed by atoms with van der Waals surface area (Å²) in [6, 6.07) is 6.06. The maximum atomic E-state index is 12.5. The van der Waals surface area contributed by atoms with Crippen LogP contribution in [0.3, 0.4) is 0 Å². The summed E-state index contributed by atoms with van der Waals surface area (Å²) in [5, 5.41) is 0. The van der Waals surface area contributed by atoms with Crippen LogP contribution < -0.4 is 9.47 Å². The molecule has 2 aliphatic heterocycles. The lowest BCUT2D eigenvalue weighted by Crippen LogP contribution is -2.49. The van der Waals surface area contributed by atoms with Crippen molar-refractivity contribution in [3.63, 3.8) is 0 Å². The number of hydrogen-bond acceptors (Lipinski definition) is 5. The molecular formula is C21H31N3O4. The number of carbonyl (C=O) groups is 2. The van der Waals surface area contributed by atoms with Gasteiger partial charge in [0, 0.05) is 59.2 Å². The standard InChI is InChI=1S/C21H31N3O4/c1-3-4-8-23(17(2)25)9-7-21(26)24-12-10-22(11-13-24)15-18-5-6-19-20(14-18)28-16-27-19/h5-6,14H,3-4,7-13,15-16H2,1-2H3. The molecule has 1 saturated heterocycles. The second kappa shape index (κ2) is 9.78. The largest absolute Gasteiger partial charge is 0.454 e. The molecule has 0 radical (unpaired) electrons. The molecule has 28 heavy (non-hydrogen) atoms. The SMILES string of the molecule is CCCCN(CCC(=O)N1CCN(Cc2ccc3c(c2)OCO3)CC1)C(C)=O. The smallest absolute Gasteiger partial charge is 0.231 e. The van der Waals surface area contributed by atoms with Gasteiger partial charge in [0.05, 0.1) is 0 Å². The number of piperazine rings is 1. The van der Waals surface area contributed by atoms with E-state index in [1.807, 2.05) is 17.0 Å². The number of unbranched alkanes of at least 4 members (excludes halogenated alkanes) is 1. The van der Waals surface area contributed by atoms with E-state index in [2.05, 4.69) is 17.9 Å². The maximum absolute atomic E-state index is 12.5. The molecular weight excluding hydrogens is 358 g/mol. The van der Waals surface area contributed by atoms with E-state index in [-0.39, 0.29) is 11.8 Å². The second-order valence-corrected chi connectivity index (χ2v) is 7.45. The minimum Gasteiger partial charge on any atom is -0.454 e. The topological polar surface area (TPSA) is 62.3 Å². The van der Waals surface area contributed by atoms with Crippen molar-refractivity contribution in [3.8, 4) is 11.5 Å². The summed E-state index contributed by atoms with van der Waals surface area (Å²) < 4.78 is 10.8. The minimum atomic E-state index is 0.0507. The zero-order valence-corrected chi connectivity index (χ0v) is 17.0. The molecule has 1 fully saturated rings. The van der Waals surface area contributed by atoms with E-state index in [4.69, 9.17) is 9.47 Å². The quantitative estimate of drug-likeness (QED) is 0.681. The van der Waals surface area contributed by atoms with Gasteiger partial charge < -0.3 is 19.3 Å². The van der Waals surface area contributed by atoms with Gasteiger partial charge in [0.2, 0.25) is 18.6 Å². The summed E-state index contributed by atoms with van der Waals surface area (Å²) >= 11 is 0. The Labute approximate surface area is 167 Å². The molecule has 7 heteroatoms. The first kappa shape index (κ1) is 20.5. The number of ether oxygens (including phenoxy) is 2. The molecule has 2 heterocycles. The van der Waals surface area contributed by atoms with Gasteiger partial charge >= 0.3 is 0 Å². The molecule has 2 aliphatic rings. The van der Waals surface area contributed by atoms with Gasteiger partial charge in [0.25, 0.3) is 0 Å². The summed E-state index contributed by atoms with van der Waals surface area (Å²) in [5.74, 6) is 1.81. The highest BCUT2D eigenvalue weighted by Gasteiger charge is 2.22. The van der Waals surface area contributed by atoms with Gasteiger partial charge in [0.15, 0.2) is 11.5 Å². The first-order valence-electron chi connectivity index (χ1n) is 10.2. The molecule has 0 spiro atoms. The van der Waals surface area contributed by atoms with Crippen LogP contribution in [0.15, 0.2) is 18.2 Å². The third-order valence-electron chi connectivity index (χ3n) is 5.39. The van der Waals surface area contributed by atoms with Crippen molar-refractivity contribution in [2.45, 2.75) is 39.7 Å². The molecule has 0 N–H and O–H groups in total. The Morgan fingerprint density at radius 2 is 1.82 bits per heavy atom. The molecule has 154 valence electrons. The van der Waals surface area contributed by atoms with E-state index < -0.39 is 0 Å². The average Bonchev–Trinajstić information content (AvgIpc) is 3.16. The Morgan fingerprint density at radius 3 is 2.54 bits per heavy atom. The van der Waals surface area contributed by atoms with E-state index >= 15 is 0 Å². The molecule has 0 aromatic heterocycles. The normalized spacial score (nSPS) is 16.3. The van der Waals surface area contributed by atoms with Crippen molar-refractivity contribution in [2.24, 2.45) is 0 Å². The van der Waals surface area contributed by atoms with Gasteiger partial charge in [-0.1, -0.05) is 19.4 Å². The second-order valence-electron chi connectivity index (χ2n) is 7.45. The molecule has 1 aromatic rings. The molecule has 0 saturated carbocycles. The molecule has 0 bridgehead atoms. The number of rotatable bonds is 8. The molecule has 7 nitrogen and oxygen atoms in total. The number of fused-ring (bicyclic) bond motifs is 1. The Hall–Kier alpha value is -2.28. The fourth-order valence-corrected chi connectivity index (χ4v) is 3.62. The van der Waals surface area contributed by atoms with Crippen LogP contribution in [0.25, 0.3) is 0 Å². The van der Waals surface area contributed by atoms with Crippen molar-refractivity contribution in [2.75, 3.05) is 46.1 Å². The zero-order valence-electron chi connectivity index (χ0n) is 17.0. The molecule has 2 amide bonds. The van der Waals surface area contributed by atoms with Crippen molar-refractivity contribution >= 4 is 11.8 Å². The van der Waals surface area contributed by atoms with E-state index in [0.717, 1.165) is 63.6 Å². The van der Waals surface area contributed by atoms with Crippen molar-refractivity contribution in [3.05, 3.63) is 23.8 Å². The van der Waals surface area contributed by atoms with Crippen LogP contribution in [-0.2, 0) is 16.1 Å². The highest BCUT2D eigenvalue weighted by molar-refractivity contribution is 5.78. The van der Waals surface area contributed by atoms with E-state index in [9.17, 15) is 9.59 Å². The van der Waals surface area contributed by atoms with Crippen LogP contribution in [0.2, 0.25) is 0 Å². The molecule has 0 unspecified atom stereocenters. The van der Waals surface area contributed by atoms with E-state index in [1.54, 1.807) is 11.8 Å². The third-order valence-corrected chi connectivity index (χ3v) is 5.39. The first-order valence-corrected chi connectivity index (χ1v) is 10.2. The van der Waals surface area contributed by atoms with Gasteiger partial charge in [-0.3, -0.25) is 14.5 Å². The Morgan fingerprint density at radius 1 is 1.07 bits per heavy atom. The van der Waals surface area contributed by atoms with Crippen molar-refractivity contribution in [1.29, 1.82) is 0 Å². The lowest BCUT2D eigenvalue weighted by atomic mass is 10.1. The lowest BCUT2D eigenvalue weighted by Gasteiger charge is -2.35. The third kappa shape index (κ3) is 5.38. The van der Waals surface area contributed by atoms with Crippen molar-refractivity contribution < 1.29 is 19.1 Å². The maximum Gasteiger partial charge on any atom is 0.231 e. The van der Waals surface area contributed by atoms with Crippen LogP contribution in [0.1, 0.15) is 38.7 Å². The predicted octanol–water partition coefficient (Wildman–Crippen LogP) is 2.10. The zero-order chi connectivity index (χ0) is 19.9. The number of benzene rings is 1. The van der Waals surface area contributed by atoms with Crippen LogP contribution >= 0.6 is 0 Å². The first-order chi connectivity index (χ1) is 13.6. The van der Waals surface area contributed by atoms with Crippen LogP contribution in [0.4, 0.5) is 0 Å². The summed E-state index contributed by atoms with van der Waals surface area (Å²) in [4.78, 5) is 30.3. The highest BCUT2D eigenvalue weighted by Crippen LogP contribution is 2.32. The molecule has 0 atom stereocenters. The van der Waals surface area contributed by atoms with Crippen molar-refractivity contribution in [1.82, 2.24) is 14.7 Å². The Bertz CT molecular complexity index is 686. The van der Waals surface area contributed by atoms with Crippen LogP contribution in [0, 0.1) is 0 Å². The summed E-state index contributed by atoms with van der Waals surface area (Å²) in [6.07, 6.45) is 2.43. The number of amides is 2. The van der Waals surface area contributed by atoms with Gasteiger partial charge in [0.1, 0.15) is 0 Å². The lowest BCUT2D eigenvalue weighted by molar-refractivity contribution is -0.134. The molecule has 3 rings (SSSR count). The van der Waals surface area contributed by atoms with Gasteiger partial charge in [-0.2, -0.15) is 0 Å². The highest BCUT2D eigenvalue weighted by atomic mass is 16.7. The Kier molecular flexibility index (Phi) is 7.14. The number of hydrogen-bond donors (Lipinski definition) is 0. The molecule has 0 aliphatic carbocycles. The fourth-order valence-electron chi connectivity index (χ4n) is 3.62. The Balaban J connectivity index is 1.41. The monoisotopic (exact) mass is 389 g/mol. The predicted molar refractivity (Wildman–Crippen MR) is 106 cm³/mol. The summed E-state index contributed by atoms with van der Waals surface area (Å²) in [7, 11) is 0. The summed E-state index contributed by atoms with van der Waals surface area (Å²) in [6.45, 7) is 9.25. The number of nitrogens with zero attached hydrogens (tertiary/aromatic N) is 3. The van der Waals surface area contributed by atoms with Crippen LogP contribution in [0.5, 0.6) is 11.5 Å². The van der Waals surface area contributed by atoms with E-state index in [1.165, 1.54) is 5.56 Å². The average molecular weight is 389 g/mol. The van der Waals surface area contributed by atoms with Gasteiger partial charge in [-0.05, 0) is 24.1 Å².